The van der Waals surface area contributed by atoms with Crippen molar-refractivity contribution in [3.8, 4) is 5.69 Å². The lowest BCUT2D eigenvalue weighted by molar-refractivity contribution is 0.0709. The largest absolute Gasteiger partial charge is 0.337 e. The van der Waals surface area contributed by atoms with Gasteiger partial charge in [0.2, 0.25) is 0 Å². The Balaban J connectivity index is 1.76. The van der Waals surface area contributed by atoms with E-state index in [1.54, 1.807) is 4.68 Å². The molecule has 1 atom stereocenters. The molecule has 21 heavy (non-hydrogen) atoms. The number of aryl methyl sites for hydroxylation is 1. The van der Waals surface area contributed by atoms with Gasteiger partial charge in [-0.25, -0.2) is 4.68 Å². The van der Waals surface area contributed by atoms with E-state index in [2.05, 4.69) is 5.10 Å². The summed E-state index contributed by atoms with van der Waals surface area (Å²) in [6.45, 7) is 3.45. The Morgan fingerprint density at radius 1 is 1.33 bits per heavy atom. The maximum absolute atomic E-state index is 12.4. The molecule has 1 saturated heterocycles. The number of carbonyl (C=O) groups is 1. The summed E-state index contributed by atoms with van der Waals surface area (Å²) >= 11 is 0. The lowest BCUT2D eigenvalue weighted by Crippen LogP contribution is -2.45. The summed E-state index contributed by atoms with van der Waals surface area (Å²) in [6.07, 6.45) is 5.76. The van der Waals surface area contributed by atoms with Crippen LogP contribution in [0.15, 0.2) is 36.7 Å². The summed E-state index contributed by atoms with van der Waals surface area (Å²) in [7, 11) is 0. The molecule has 1 aromatic heterocycles. The fourth-order valence-electron chi connectivity index (χ4n) is 2.69. The molecule has 1 fully saturated rings. The van der Waals surface area contributed by atoms with E-state index in [1.807, 2.05) is 48.5 Å². The molecule has 2 aromatic rings. The highest BCUT2D eigenvalue weighted by Gasteiger charge is 2.22. The van der Waals surface area contributed by atoms with Gasteiger partial charge in [0.15, 0.2) is 0 Å². The Morgan fingerprint density at radius 2 is 2.10 bits per heavy atom. The number of amides is 1. The molecule has 0 radical (unpaired) electrons. The third-order valence-corrected chi connectivity index (χ3v) is 3.84. The first-order valence-corrected chi connectivity index (χ1v) is 7.30. The van der Waals surface area contributed by atoms with Crippen molar-refractivity contribution in [1.82, 2.24) is 14.7 Å². The molecule has 1 aliphatic heterocycles. The van der Waals surface area contributed by atoms with Crippen molar-refractivity contribution in [3.05, 3.63) is 47.8 Å². The van der Waals surface area contributed by atoms with E-state index < -0.39 is 0 Å². The van der Waals surface area contributed by atoms with Gasteiger partial charge in [0.05, 0.1) is 11.9 Å². The van der Waals surface area contributed by atoms with Gasteiger partial charge in [0.1, 0.15) is 0 Å². The number of piperidine rings is 1. The maximum atomic E-state index is 12.4. The third kappa shape index (κ3) is 2.97. The van der Waals surface area contributed by atoms with Crippen molar-refractivity contribution in [2.24, 2.45) is 5.73 Å². The molecular weight excluding hydrogens is 264 g/mol. The standard InChI is InChI=1S/C16H20N4O/c1-12-9-18-20(10-12)15-6-4-13(5-7-15)16(21)19-8-2-3-14(17)11-19/h4-7,9-10,14H,2-3,8,11,17H2,1H3/t14-/m0/s1. The first-order valence-electron chi connectivity index (χ1n) is 7.30. The Morgan fingerprint density at radius 3 is 2.71 bits per heavy atom. The monoisotopic (exact) mass is 284 g/mol. The summed E-state index contributed by atoms with van der Waals surface area (Å²) in [5.74, 6) is 0.0633. The fraction of sp³-hybridized carbons (Fsp3) is 0.375. The molecule has 1 aromatic carbocycles. The molecule has 5 heteroatoms. The van der Waals surface area contributed by atoms with Gasteiger partial charge in [-0.1, -0.05) is 0 Å². The molecule has 5 nitrogen and oxygen atoms in total. The third-order valence-electron chi connectivity index (χ3n) is 3.84. The van der Waals surface area contributed by atoms with Crippen LogP contribution in [0.3, 0.4) is 0 Å². The van der Waals surface area contributed by atoms with Gasteiger partial charge in [-0.2, -0.15) is 5.10 Å². The lowest BCUT2D eigenvalue weighted by atomic mass is 10.1. The number of rotatable bonds is 2. The Labute approximate surface area is 124 Å². The minimum atomic E-state index is 0.0633. The van der Waals surface area contributed by atoms with E-state index in [1.165, 1.54) is 0 Å². The van der Waals surface area contributed by atoms with E-state index in [-0.39, 0.29) is 11.9 Å². The number of nitrogens with zero attached hydrogens (tertiary/aromatic N) is 3. The van der Waals surface area contributed by atoms with Gasteiger partial charge in [-0.05, 0) is 49.6 Å². The van der Waals surface area contributed by atoms with Gasteiger partial charge in [0, 0.05) is 30.9 Å². The minimum absolute atomic E-state index is 0.0633. The molecule has 0 aliphatic carbocycles. The van der Waals surface area contributed by atoms with Crippen molar-refractivity contribution in [1.29, 1.82) is 0 Å². The second-order valence-electron chi connectivity index (χ2n) is 5.66. The van der Waals surface area contributed by atoms with Gasteiger partial charge in [0.25, 0.3) is 5.91 Å². The SMILES string of the molecule is Cc1cnn(-c2ccc(C(=O)N3CCC[C@H](N)C3)cc2)c1. The van der Waals surface area contributed by atoms with Crippen molar-refractivity contribution in [3.63, 3.8) is 0 Å². The van der Waals surface area contributed by atoms with Crippen LogP contribution in [0, 0.1) is 6.92 Å². The van der Waals surface area contributed by atoms with Crippen LogP contribution in [0.2, 0.25) is 0 Å². The fourth-order valence-corrected chi connectivity index (χ4v) is 2.69. The van der Waals surface area contributed by atoms with Crippen LogP contribution in [0.25, 0.3) is 5.69 Å². The predicted molar refractivity (Wildman–Crippen MR) is 81.4 cm³/mol. The highest BCUT2D eigenvalue weighted by Crippen LogP contribution is 2.15. The van der Waals surface area contributed by atoms with Crippen LogP contribution in [-0.4, -0.2) is 39.7 Å². The summed E-state index contributed by atoms with van der Waals surface area (Å²) in [5, 5.41) is 4.27. The topological polar surface area (TPSA) is 64.2 Å². The number of hydrogen-bond donors (Lipinski definition) is 1. The van der Waals surface area contributed by atoms with E-state index >= 15 is 0 Å². The Bertz CT molecular complexity index is 632. The number of likely N-dealkylation sites (tertiary alicyclic amines) is 1. The van der Waals surface area contributed by atoms with E-state index in [4.69, 9.17) is 5.73 Å². The zero-order chi connectivity index (χ0) is 14.8. The molecule has 0 bridgehead atoms. The average molecular weight is 284 g/mol. The van der Waals surface area contributed by atoms with Gasteiger partial charge in [-0.3, -0.25) is 4.79 Å². The first kappa shape index (κ1) is 13.8. The molecular formula is C16H20N4O. The Kier molecular flexibility index (Phi) is 3.75. The quantitative estimate of drug-likeness (QED) is 0.913. The Hall–Kier alpha value is -2.14. The molecule has 0 spiro atoms. The molecule has 0 saturated carbocycles. The average Bonchev–Trinajstić information content (AvgIpc) is 2.93. The minimum Gasteiger partial charge on any atom is -0.337 e. The van der Waals surface area contributed by atoms with Crippen LogP contribution in [0.5, 0.6) is 0 Å². The van der Waals surface area contributed by atoms with Crippen molar-refractivity contribution in [2.45, 2.75) is 25.8 Å². The van der Waals surface area contributed by atoms with E-state index in [9.17, 15) is 4.79 Å². The molecule has 2 N–H and O–H groups in total. The normalized spacial score (nSPS) is 18.8. The van der Waals surface area contributed by atoms with E-state index in [0.29, 0.717) is 12.1 Å². The van der Waals surface area contributed by atoms with Gasteiger partial charge >= 0.3 is 0 Å². The van der Waals surface area contributed by atoms with Crippen LogP contribution >= 0.6 is 0 Å². The molecule has 0 unspecified atom stereocenters. The van der Waals surface area contributed by atoms with E-state index in [0.717, 1.165) is 30.6 Å². The lowest BCUT2D eigenvalue weighted by Gasteiger charge is -2.30. The molecule has 110 valence electrons. The van der Waals surface area contributed by atoms with Crippen LogP contribution in [-0.2, 0) is 0 Å². The van der Waals surface area contributed by atoms with Gasteiger partial charge < -0.3 is 10.6 Å². The second kappa shape index (κ2) is 5.69. The summed E-state index contributed by atoms with van der Waals surface area (Å²) in [4.78, 5) is 14.3. The van der Waals surface area contributed by atoms with Crippen molar-refractivity contribution < 1.29 is 4.79 Å². The smallest absolute Gasteiger partial charge is 0.253 e. The summed E-state index contributed by atoms with van der Waals surface area (Å²) < 4.78 is 1.81. The number of benzene rings is 1. The number of nitrogens with two attached hydrogens (primary N) is 1. The highest BCUT2D eigenvalue weighted by atomic mass is 16.2. The van der Waals surface area contributed by atoms with Crippen molar-refractivity contribution >= 4 is 5.91 Å². The number of hydrogen-bond acceptors (Lipinski definition) is 3. The zero-order valence-corrected chi connectivity index (χ0v) is 12.2. The molecule has 1 aliphatic rings. The second-order valence-corrected chi connectivity index (χ2v) is 5.66. The molecule has 2 heterocycles. The predicted octanol–water partition coefficient (Wildman–Crippen LogP) is 1.74. The maximum Gasteiger partial charge on any atom is 0.253 e. The highest BCUT2D eigenvalue weighted by molar-refractivity contribution is 5.94. The number of carbonyl (C=O) groups excluding carboxylic acids is 1. The summed E-state index contributed by atoms with van der Waals surface area (Å²) in [5.41, 5.74) is 8.71. The first-order chi connectivity index (χ1) is 10.1. The molecule has 1 amide bonds. The van der Waals surface area contributed by atoms with Crippen molar-refractivity contribution in [2.75, 3.05) is 13.1 Å². The summed E-state index contributed by atoms with van der Waals surface area (Å²) in [6, 6.07) is 7.66. The van der Waals surface area contributed by atoms with Crippen LogP contribution in [0.4, 0.5) is 0 Å². The zero-order valence-electron chi connectivity index (χ0n) is 12.2. The number of aromatic nitrogens is 2. The van der Waals surface area contributed by atoms with Crippen LogP contribution < -0.4 is 5.73 Å². The van der Waals surface area contributed by atoms with Gasteiger partial charge in [-0.15, -0.1) is 0 Å². The molecule has 3 rings (SSSR count). The van der Waals surface area contributed by atoms with Crippen LogP contribution in [0.1, 0.15) is 28.8 Å².